The number of halogens is 2. The van der Waals surface area contributed by atoms with E-state index in [2.05, 4.69) is 4.98 Å². The first-order valence-electron chi connectivity index (χ1n) is 7.26. The van der Waals surface area contributed by atoms with Gasteiger partial charge < -0.3 is 24.1 Å². The molecule has 0 saturated heterocycles. The average Bonchev–Trinajstić information content (AvgIpc) is 2.61. The Morgan fingerprint density at radius 3 is 2.12 bits per heavy atom. The summed E-state index contributed by atoms with van der Waals surface area (Å²) in [4.78, 5) is 4.07. The number of aryl methyl sites for hydroxylation is 1. The van der Waals surface area contributed by atoms with Crippen LogP contribution in [0.5, 0.6) is 23.1 Å². The van der Waals surface area contributed by atoms with Crippen molar-refractivity contribution in [2.75, 3.05) is 28.4 Å². The first-order chi connectivity index (χ1) is 11.9. The zero-order valence-electron chi connectivity index (χ0n) is 14.5. The maximum Gasteiger partial charge on any atom is 0.220 e. The first kappa shape index (κ1) is 19.4. The van der Waals surface area contributed by atoms with Crippen LogP contribution in [0.15, 0.2) is 12.3 Å². The van der Waals surface area contributed by atoms with Gasteiger partial charge in [-0.15, -0.1) is 0 Å². The van der Waals surface area contributed by atoms with Crippen molar-refractivity contribution in [3.8, 4) is 23.1 Å². The average molecular weight is 388 g/mol. The van der Waals surface area contributed by atoms with Crippen molar-refractivity contribution in [3.63, 3.8) is 0 Å². The van der Waals surface area contributed by atoms with Crippen LogP contribution in [0.3, 0.4) is 0 Å². The van der Waals surface area contributed by atoms with Gasteiger partial charge in [-0.05, 0) is 18.6 Å². The quantitative estimate of drug-likeness (QED) is 0.812. The van der Waals surface area contributed by atoms with Crippen LogP contribution in [0.1, 0.15) is 22.8 Å². The van der Waals surface area contributed by atoms with Gasteiger partial charge in [-0.1, -0.05) is 23.2 Å². The lowest BCUT2D eigenvalue weighted by atomic mass is 9.96. The highest BCUT2D eigenvalue weighted by molar-refractivity contribution is 6.42. The Morgan fingerprint density at radius 2 is 1.60 bits per heavy atom. The lowest BCUT2D eigenvalue weighted by molar-refractivity contribution is 0.205. The van der Waals surface area contributed by atoms with Crippen molar-refractivity contribution in [2.45, 2.75) is 13.0 Å². The summed E-state index contributed by atoms with van der Waals surface area (Å²) in [5, 5.41) is 11.4. The number of aliphatic hydroxyl groups is 1. The van der Waals surface area contributed by atoms with E-state index in [9.17, 15) is 5.11 Å². The lowest BCUT2D eigenvalue weighted by Gasteiger charge is -2.23. The van der Waals surface area contributed by atoms with Crippen LogP contribution in [0, 0.1) is 6.92 Å². The molecule has 136 valence electrons. The van der Waals surface area contributed by atoms with Gasteiger partial charge in [-0.3, -0.25) is 0 Å². The highest BCUT2D eigenvalue weighted by atomic mass is 35.5. The molecule has 0 fully saturated rings. The number of benzene rings is 1. The second-order valence-electron chi connectivity index (χ2n) is 5.12. The number of ether oxygens (including phenoxy) is 4. The molecule has 2 rings (SSSR count). The molecule has 0 amide bonds. The number of nitrogens with zero attached hydrogens (tertiary/aromatic N) is 1. The normalized spacial score (nSPS) is 11.8. The minimum absolute atomic E-state index is 0.150. The third-order valence-corrected chi connectivity index (χ3v) is 4.58. The molecule has 0 bridgehead atoms. The summed E-state index contributed by atoms with van der Waals surface area (Å²) in [6, 6.07) is 1.73. The standard InChI is InChI=1S/C17H19Cl2NO5/c1-8-6-10(22-2)15(23-3)16(24-4)11(8)14(21)12-13(19)9(18)7-20-17(12)25-5/h6-7,14,21H,1-5H3. The zero-order valence-corrected chi connectivity index (χ0v) is 16.0. The Kier molecular flexibility index (Phi) is 6.21. The maximum absolute atomic E-state index is 11.0. The van der Waals surface area contributed by atoms with Crippen molar-refractivity contribution in [2.24, 2.45) is 0 Å². The van der Waals surface area contributed by atoms with E-state index in [4.69, 9.17) is 42.1 Å². The molecule has 1 N–H and O–H groups in total. The minimum Gasteiger partial charge on any atom is -0.493 e. The zero-order chi connectivity index (χ0) is 18.7. The topological polar surface area (TPSA) is 70.0 Å². The van der Waals surface area contributed by atoms with Gasteiger partial charge in [-0.25, -0.2) is 4.98 Å². The maximum atomic E-state index is 11.0. The molecule has 25 heavy (non-hydrogen) atoms. The van der Waals surface area contributed by atoms with Gasteiger partial charge in [-0.2, -0.15) is 0 Å². The molecule has 0 spiro atoms. The highest BCUT2D eigenvalue weighted by Gasteiger charge is 2.29. The Hall–Kier alpha value is -1.89. The summed E-state index contributed by atoms with van der Waals surface area (Å²) < 4.78 is 21.4. The largest absolute Gasteiger partial charge is 0.493 e. The smallest absolute Gasteiger partial charge is 0.220 e. The summed E-state index contributed by atoms with van der Waals surface area (Å²) in [5.74, 6) is 1.33. The molecule has 1 heterocycles. The van der Waals surface area contributed by atoms with Crippen molar-refractivity contribution in [1.29, 1.82) is 0 Å². The lowest BCUT2D eigenvalue weighted by Crippen LogP contribution is -2.10. The molecule has 1 unspecified atom stereocenters. The molecule has 1 atom stereocenters. The summed E-state index contributed by atoms with van der Waals surface area (Å²) in [6.45, 7) is 1.81. The second kappa shape index (κ2) is 7.99. The first-order valence-corrected chi connectivity index (χ1v) is 8.02. The molecule has 8 heteroatoms. The van der Waals surface area contributed by atoms with E-state index >= 15 is 0 Å². The van der Waals surface area contributed by atoms with Crippen LogP contribution in [0.25, 0.3) is 0 Å². The van der Waals surface area contributed by atoms with Crippen LogP contribution in [0.4, 0.5) is 0 Å². The monoisotopic (exact) mass is 387 g/mol. The van der Waals surface area contributed by atoms with Crippen LogP contribution < -0.4 is 18.9 Å². The van der Waals surface area contributed by atoms with E-state index in [1.165, 1.54) is 34.6 Å². The summed E-state index contributed by atoms with van der Waals surface area (Å²) in [6.07, 6.45) is 0.154. The predicted molar refractivity (Wildman–Crippen MR) is 95.7 cm³/mol. The van der Waals surface area contributed by atoms with E-state index in [0.29, 0.717) is 28.4 Å². The van der Waals surface area contributed by atoms with Crippen LogP contribution in [-0.4, -0.2) is 38.5 Å². The van der Waals surface area contributed by atoms with Gasteiger partial charge in [0, 0.05) is 5.56 Å². The van der Waals surface area contributed by atoms with Crippen molar-refractivity contribution < 1.29 is 24.1 Å². The van der Waals surface area contributed by atoms with Crippen molar-refractivity contribution in [3.05, 3.63) is 39.0 Å². The third kappa shape index (κ3) is 3.42. The van der Waals surface area contributed by atoms with E-state index in [-0.39, 0.29) is 21.5 Å². The van der Waals surface area contributed by atoms with Gasteiger partial charge >= 0.3 is 0 Å². The van der Waals surface area contributed by atoms with Gasteiger partial charge in [0.05, 0.1) is 50.2 Å². The van der Waals surface area contributed by atoms with Crippen molar-refractivity contribution >= 4 is 23.2 Å². The van der Waals surface area contributed by atoms with Crippen LogP contribution in [-0.2, 0) is 0 Å². The van der Waals surface area contributed by atoms with Crippen LogP contribution >= 0.6 is 23.2 Å². The molecular weight excluding hydrogens is 369 g/mol. The van der Waals surface area contributed by atoms with Crippen LogP contribution in [0.2, 0.25) is 10.0 Å². The fourth-order valence-electron chi connectivity index (χ4n) is 2.65. The Labute approximate surface area is 156 Å². The van der Waals surface area contributed by atoms with E-state index in [1.54, 1.807) is 13.0 Å². The van der Waals surface area contributed by atoms with Gasteiger partial charge in [0.15, 0.2) is 11.5 Å². The molecule has 0 saturated carbocycles. The molecule has 1 aromatic heterocycles. The molecule has 0 aliphatic rings. The third-order valence-electron chi connectivity index (χ3n) is 3.79. The van der Waals surface area contributed by atoms with Gasteiger partial charge in [0.25, 0.3) is 0 Å². The number of rotatable bonds is 6. The summed E-state index contributed by atoms with van der Waals surface area (Å²) in [5.41, 5.74) is 1.40. The van der Waals surface area contributed by atoms with Crippen molar-refractivity contribution in [1.82, 2.24) is 4.98 Å². The second-order valence-corrected chi connectivity index (χ2v) is 5.91. The fourth-order valence-corrected chi connectivity index (χ4v) is 3.03. The SMILES string of the molecule is COc1cc(C)c(C(O)c2c(OC)ncc(Cl)c2Cl)c(OC)c1OC. The highest BCUT2D eigenvalue weighted by Crippen LogP contribution is 2.48. The number of aliphatic hydroxyl groups excluding tert-OH is 1. The number of hydrogen-bond acceptors (Lipinski definition) is 6. The van der Waals surface area contributed by atoms with E-state index in [1.807, 2.05) is 0 Å². The Morgan fingerprint density at radius 1 is 0.960 bits per heavy atom. The molecule has 1 aromatic carbocycles. The fraction of sp³-hybridized carbons (Fsp3) is 0.353. The predicted octanol–water partition coefficient (Wildman–Crippen LogP) is 3.81. The molecule has 0 aliphatic carbocycles. The number of hydrogen-bond donors (Lipinski definition) is 1. The van der Waals surface area contributed by atoms with E-state index < -0.39 is 6.10 Å². The number of aromatic nitrogens is 1. The number of methoxy groups -OCH3 is 4. The molecule has 0 aliphatic heterocycles. The molecule has 6 nitrogen and oxygen atoms in total. The Bertz CT molecular complexity index is 782. The van der Waals surface area contributed by atoms with E-state index in [0.717, 1.165) is 0 Å². The molecule has 2 aromatic rings. The summed E-state index contributed by atoms with van der Waals surface area (Å²) >= 11 is 12.4. The minimum atomic E-state index is -1.21. The summed E-state index contributed by atoms with van der Waals surface area (Å²) in [7, 11) is 5.91. The number of pyridine rings is 1. The Balaban J connectivity index is 2.77. The van der Waals surface area contributed by atoms with Gasteiger partial charge in [0.1, 0.15) is 6.10 Å². The van der Waals surface area contributed by atoms with Gasteiger partial charge in [0.2, 0.25) is 11.6 Å². The molecular formula is C17H19Cl2NO5. The molecule has 0 radical (unpaired) electrons.